The molecule has 1 rings (SSSR count). The van der Waals surface area contributed by atoms with Crippen molar-refractivity contribution in [3.05, 3.63) is 29.8 Å². The highest BCUT2D eigenvalue weighted by atomic mass is 32.2. The van der Waals surface area contributed by atoms with Crippen molar-refractivity contribution in [3.8, 4) is 5.75 Å². The fourth-order valence-electron chi connectivity index (χ4n) is 1.86. The minimum Gasteiger partial charge on any atom is -0.496 e. The molecule has 1 aromatic carbocycles. The van der Waals surface area contributed by atoms with Crippen molar-refractivity contribution in [2.24, 2.45) is 4.99 Å². The maximum Gasteiger partial charge on any atom is 0.208 e. The summed E-state index contributed by atoms with van der Waals surface area (Å²) in [5.74, 6) is 1.50. The molecule has 22 heavy (non-hydrogen) atoms. The Balaban J connectivity index is 2.32. The van der Waals surface area contributed by atoms with Crippen molar-refractivity contribution >= 4 is 16.0 Å². The van der Waals surface area contributed by atoms with Crippen molar-refractivity contribution in [1.82, 2.24) is 15.4 Å². The van der Waals surface area contributed by atoms with Gasteiger partial charge in [-0.3, -0.25) is 4.99 Å². The van der Waals surface area contributed by atoms with Crippen LogP contribution in [-0.4, -0.2) is 54.4 Å². The summed E-state index contributed by atoms with van der Waals surface area (Å²) in [6, 6.07) is 7.86. The van der Waals surface area contributed by atoms with E-state index in [2.05, 4.69) is 20.3 Å². The first-order valence-corrected chi connectivity index (χ1v) is 8.86. The quantitative estimate of drug-likeness (QED) is 0.354. The highest BCUT2D eigenvalue weighted by Gasteiger charge is 2.03. The fraction of sp³-hybridized carbons (Fsp3) is 0.500. The third-order valence-electron chi connectivity index (χ3n) is 2.88. The Bertz CT molecular complexity index is 588. The molecule has 0 saturated carbocycles. The molecule has 0 amide bonds. The molecule has 0 aliphatic rings. The zero-order chi connectivity index (χ0) is 16.4. The van der Waals surface area contributed by atoms with Gasteiger partial charge in [-0.05, 0) is 18.1 Å². The summed E-state index contributed by atoms with van der Waals surface area (Å²) in [6.45, 7) is 1.47. The Labute approximate surface area is 132 Å². The summed E-state index contributed by atoms with van der Waals surface area (Å²) in [5, 5.41) is 6.21. The number of aliphatic imine (C=N–C) groups is 1. The molecule has 124 valence electrons. The van der Waals surface area contributed by atoms with Crippen LogP contribution in [-0.2, 0) is 16.4 Å². The van der Waals surface area contributed by atoms with Gasteiger partial charge >= 0.3 is 0 Å². The van der Waals surface area contributed by atoms with Gasteiger partial charge in [-0.25, -0.2) is 13.1 Å². The predicted octanol–water partition coefficient (Wildman–Crippen LogP) is -0.0481. The first-order chi connectivity index (χ1) is 10.5. The molecule has 0 radical (unpaired) electrons. The number of ether oxygens (including phenoxy) is 1. The van der Waals surface area contributed by atoms with Crippen molar-refractivity contribution < 1.29 is 13.2 Å². The van der Waals surface area contributed by atoms with Crippen LogP contribution in [0.15, 0.2) is 29.3 Å². The normalized spacial score (nSPS) is 12.0. The lowest BCUT2D eigenvalue weighted by atomic mass is 10.1. The molecule has 0 aliphatic carbocycles. The highest BCUT2D eigenvalue weighted by Crippen LogP contribution is 2.17. The van der Waals surface area contributed by atoms with Gasteiger partial charge in [-0.1, -0.05) is 18.2 Å². The summed E-state index contributed by atoms with van der Waals surface area (Å²) in [4.78, 5) is 4.08. The number of para-hydroxylation sites is 1. The maximum absolute atomic E-state index is 10.9. The van der Waals surface area contributed by atoms with Crippen molar-refractivity contribution in [2.75, 3.05) is 40.0 Å². The molecular formula is C14H24N4O3S. The van der Waals surface area contributed by atoms with Crippen molar-refractivity contribution in [1.29, 1.82) is 0 Å². The zero-order valence-electron chi connectivity index (χ0n) is 13.2. The molecule has 8 heteroatoms. The number of sulfonamides is 1. The second kappa shape index (κ2) is 9.26. The van der Waals surface area contributed by atoms with E-state index in [1.54, 1.807) is 14.2 Å². The molecule has 1 aromatic rings. The fourth-order valence-corrected chi connectivity index (χ4v) is 2.34. The predicted molar refractivity (Wildman–Crippen MR) is 88.9 cm³/mol. The molecule has 7 nitrogen and oxygen atoms in total. The highest BCUT2D eigenvalue weighted by molar-refractivity contribution is 7.88. The van der Waals surface area contributed by atoms with E-state index in [1.807, 2.05) is 24.3 Å². The lowest BCUT2D eigenvalue weighted by Gasteiger charge is -2.13. The molecule has 0 atom stereocenters. The topological polar surface area (TPSA) is 91.8 Å². The number of nitrogens with one attached hydrogen (secondary N) is 3. The molecule has 0 aromatic heterocycles. The first-order valence-electron chi connectivity index (χ1n) is 6.97. The van der Waals surface area contributed by atoms with Crippen LogP contribution in [0.2, 0.25) is 0 Å². The molecule has 0 bridgehead atoms. The number of nitrogens with zero attached hydrogens (tertiary/aromatic N) is 1. The lowest BCUT2D eigenvalue weighted by Crippen LogP contribution is -2.42. The Morgan fingerprint density at radius 3 is 2.50 bits per heavy atom. The average Bonchev–Trinajstić information content (AvgIpc) is 2.49. The van der Waals surface area contributed by atoms with Gasteiger partial charge in [0.2, 0.25) is 10.0 Å². The zero-order valence-corrected chi connectivity index (χ0v) is 14.0. The van der Waals surface area contributed by atoms with Crippen LogP contribution < -0.4 is 20.1 Å². The molecule has 0 aliphatic heterocycles. The van der Waals surface area contributed by atoms with Gasteiger partial charge in [0.25, 0.3) is 0 Å². The van der Waals surface area contributed by atoms with Gasteiger partial charge < -0.3 is 15.4 Å². The van der Waals surface area contributed by atoms with Crippen LogP contribution in [0.3, 0.4) is 0 Å². The van der Waals surface area contributed by atoms with Crippen LogP contribution in [0.4, 0.5) is 0 Å². The Kier molecular flexibility index (Phi) is 7.69. The van der Waals surface area contributed by atoms with Crippen LogP contribution in [0.25, 0.3) is 0 Å². The van der Waals surface area contributed by atoms with E-state index in [0.29, 0.717) is 25.6 Å². The Morgan fingerprint density at radius 2 is 1.86 bits per heavy atom. The van der Waals surface area contributed by atoms with Crippen LogP contribution in [0.5, 0.6) is 5.75 Å². The van der Waals surface area contributed by atoms with Gasteiger partial charge in [0, 0.05) is 26.7 Å². The van der Waals surface area contributed by atoms with E-state index in [-0.39, 0.29) is 0 Å². The Hall–Kier alpha value is -1.80. The van der Waals surface area contributed by atoms with E-state index < -0.39 is 10.0 Å². The second-order valence-corrected chi connectivity index (χ2v) is 6.49. The van der Waals surface area contributed by atoms with Crippen molar-refractivity contribution in [2.45, 2.75) is 6.42 Å². The molecule has 0 unspecified atom stereocenters. The third-order valence-corrected chi connectivity index (χ3v) is 3.61. The van der Waals surface area contributed by atoms with E-state index in [1.165, 1.54) is 0 Å². The summed E-state index contributed by atoms with van der Waals surface area (Å²) in [7, 11) is 0.170. The maximum atomic E-state index is 10.9. The van der Waals surface area contributed by atoms with Gasteiger partial charge in [0.05, 0.1) is 13.4 Å². The summed E-state index contributed by atoms with van der Waals surface area (Å²) < 4.78 is 29.6. The summed E-state index contributed by atoms with van der Waals surface area (Å²) >= 11 is 0. The largest absolute Gasteiger partial charge is 0.496 e. The number of guanidine groups is 1. The number of hydrogen-bond acceptors (Lipinski definition) is 4. The Morgan fingerprint density at radius 1 is 1.18 bits per heavy atom. The SMILES string of the molecule is CN=C(NCCNS(C)(=O)=O)NCCc1ccccc1OC. The molecule has 0 heterocycles. The number of hydrogen-bond donors (Lipinski definition) is 3. The standard InChI is InChI=1S/C14H24N4O3S/c1-15-14(17-10-11-18-22(3,19)20)16-9-8-12-6-4-5-7-13(12)21-2/h4-7,18H,8-11H2,1-3H3,(H2,15,16,17). The molecule has 3 N–H and O–H groups in total. The van der Waals surface area contributed by atoms with Crippen molar-refractivity contribution in [3.63, 3.8) is 0 Å². The number of methoxy groups -OCH3 is 1. The molecular weight excluding hydrogens is 304 g/mol. The smallest absolute Gasteiger partial charge is 0.208 e. The third kappa shape index (κ3) is 7.28. The van der Waals surface area contributed by atoms with Gasteiger partial charge in [0.1, 0.15) is 5.75 Å². The van der Waals surface area contributed by atoms with E-state index in [9.17, 15) is 8.42 Å². The van der Waals surface area contributed by atoms with Crippen LogP contribution in [0.1, 0.15) is 5.56 Å². The van der Waals surface area contributed by atoms with Crippen LogP contribution in [0, 0.1) is 0 Å². The van der Waals surface area contributed by atoms with E-state index >= 15 is 0 Å². The van der Waals surface area contributed by atoms with Crippen LogP contribution >= 0.6 is 0 Å². The second-order valence-electron chi connectivity index (χ2n) is 4.65. The van der Waals surface area contributed by atoms with Gasteiger partial charge in [0.15, 0.2) is 5.96 Å². The molecule has 0 fully saturated rings. The molecule has 0 spiro atoms. The van der Waals surface area contributed by atoms with Gasteiger partial charge in [-0.15, -0.1) is 0 Å². The monoisotopic (exact) mass is 328 g/mol. The summed E-state index contributed by atoms with van der Waals surface area (Å²) in [6.07, 6.45) is 1.93. The average molecular weight is 328 g/mol. The lowest BCUT2D eigenvalue weighted by molar-refractivity contribution is 0.409. The minimum atomic E-state index is -3.15. The van der Waals surface area contributed by atoms with Gasteiger partial charge in [-0.2, -0.15) is 0 Å². The molecule has 0 saturated heterocycles. The van der Waals surface area contributed by atoms with E-state index in [0.717, 1.165) is 24.0 Å². The first kappa shape index (κ1) is 18.2. The minimum absolute atomic E-state index is 0.312. The number of benzene rings is 1. The number of rotatable bonds is 8. The summed E-state index contributed by atoms with van der Waals surface area (Å²) in [5.41, 5.74) is 1.12. The van der Waals surface area contributed by atoms with E-state index in [4.69, 9.17) is 4.74 Å².